The van der Waals surface area contributed by atoms with E-state index in [1.165, 1.54) is 21.6 Å². The number of carbonyl (C=O) groups excluding carboxylic acids is 2. The van der Waals surface area contributed by atoms with Crippen LogP contribution in [0.5, 0.6) is 0 Å². The molecular weight excluding hydrogens is 490 g/mol. The van der Waals surface area contributed by atoms with Crippen LogP contribution in [0, 0.1) is 6.92 Å². The Labute approximate surface area is 228 Å². The lowest BCUT2D eigenvalue weighted by Gasteiger charge is -2.42. The van der Waals surface area contributed by atoms with Gasteiger partial charge in [0, 0.05) is 42.7 Å². The maximum atomic E-state index is 13.6. The van der Waals surface area contributed by atoms with Gasteiger partial charge in [0.1, 0.15) is 0 Å². The molecule has 6 heteroatoms. The fourth-order valence-electron chi connectivity index (χ4n) is 6.00. The van der Waals surface area contributed by atoms with E-state index >= 15 is 0 Å². The largest absolute Gasteiger partial charge is 0.338 e. The molecule has 0 saturated carbocycles. The number of aryl methyl sites for hydroxylation is 1. The number of fused-ring (bicyclic) bond motifs is 2. The minimum Gasteiger partial charge on any atom is -0.338 e. The van der Waals surface area contributed by atoms with E-state index in [-0.39, 0.29) is 23.9 Å². The van der Waals surface area contributed by atoms with Gasteiger partial charge in [-0.1, -0.05) is 66.2 Å². The maximum absolute atomic E-state index is 13.6. The van der Waals surface area contributed by atoms with Crippen molar-refractivity contribution in [1.29, 1.82) is 0 Å². The standard InChI is InChI=1S/C32H33N3O2S/c1-22-10-12-25(13-11-22)31-28-15-19-38-29(28)14-16-34(31)21-30(36)33-17-18-35(23(2)20-33)32(37)27-9-5-7-24-6-3-4-8-26(24)27/h3-13,15,19,23,31H,14,16-18,20-21H2,1-2H3. The minimum absolute atomic E-state index is 0.0434. The molecule has 194 valence electrons. The lowest BCUT2D eigenvalue weighted by atomic mass is 9.92. The predicted octanol–water partition coefficient (Wildman–Crippen LogP) is 5.53. The van der Waals surface area contributed by atoms with E-state index < -0.39 is 0 Å². The quantitative estimate of drug-likeness (QED) is 0.353. The highest BCUT2D eigenvalue weighted by molar-refractivity contribution is 7.10. The first-order valence-corrected chi connectivity index (χ1v) is 14.3. The highest BCUT2D eigenvalue weighted by Gasteiger charge is 2.35. The molecule has 0 N–H and O–H groups in total. The Bertz CT molecular complexity index is 1470. The molecule has 0 bridgehead atoms. The first-order valence-electron chi connectivity index (χ1n) is 13.4. The molecule has 0 spiro atoms. The van der Waals surface area contributed by atoms with Gasteiger partial charge in [-0.25, -0.2) is 0 Å². The zero-order valence-corrected chi connectivity index (χ0v) is 22.8. The molecule has 2 aliphatic heterocycles. The second kappa shape index (κ2) is 10.4. The molecule has 2 amide bonds. The summed E-state index contributed by atoms with van der Waals surface area (Å²) < 4.78 is 0. The molecule has 0 radical (unpaired) electrons. The van der Waals surface area contributed by atoms with Crippen molar-refractivity contribution in [3.8, 4) is 0 Å². The molecule has 2 atom stereocenters. The fourth-order valence-corrected chi connectivity index (χ4v) is 6.91. The number of carbonyl (C=O) groups is 2. The Morgan fingerprint density at radius 1 is 0.921 bits per heavy atom. The second-order valence-corrected chi connectivity index (χ2v) is 11.5. The average molecular weight is 524 g/mol. The van der Waals surface area contributed by atoms with Crippen molar-refractivity contribution in [1.82, 2.24) is 14.7 Å². The number of hydrogen-bond donors (Lipinski definition) is 0. The van der Waals surface area contributed by atoms with Crippen molar-refractivity contribution >= 4 is 33.9 Å². The van der Waals surface area contributed by atoms with Gasteiger partial charge in [-0.05, 0) is 59.7 Å². The Balaban J connectivity index is 1.16. The number of piperazine rings is 1. The molecule has 1 aromatic heterocycles. The van der Waals surface area contributed by atoms with E-state index in [0.29, 0.717) is 26.2 Å². The van der Waals surface area contributed by atoms with Gasteiger partial charge in [0.2, 0.25) is 5.91 Å². The van der Waals surface area contributed by atoms with E-state index in [4.69, 9.17) is 0 Å². The van der Waals surface area contributed by atoms with Crippen molar-refractivity contribution in [3.63, 3.8) is 0 Å². The summed E-state index contributed by atoms with van der Waals surface area (Å²) in [5.74, 6) is 0.187. The van der Waals surface area contributed by atoms with Crippen LogP contribution in [0.4, 0.5) is 0 Å². The van der Waals surface area contributed by atoms with Crippen molar-refractivity contribution in [2.75, 3.05) is 32.7 Å². The van der Waals surface area contributed by atoms with Crippen LogP contribution in [-0.4, -0.2) is 65.3 Å². The number of thiophene rings is 1. The molecule has 1 fully saturated rings. The summed E-state index contributed by atoms with van der Waals surface area (Å²) in [6.45, 7) is 7.08. The van der Waals surface area contributed by atoms with Crippen molar-refractivity contribution in [3.05, 3.63) is 105 Å². The first-order chi connectivity index (χ1) is 18.5. The Hall–Kier alpha value is -3.48. The van der Waals surface area contributed by atoms with Gasteiger partial charge in [-0.2, -0.15) is 0 Å². The number of nitrogens with zero attached hydrogens (tertiary/aromatic N) is 3. The summed E-state index contributed by atoms with van der Waals surface area (Å²) in [4.78, 5) is 34.8. The second-order valence-electron chi connectivity index (χ2n) is 10.5. The average Bonchev–Trinajstić information content (AvgIpc) is 3.42. The molecule has 2 unspecified atom stereocenters. The zero-order valence-electron chi connectivity index (χ0n) is 22.0. The van der Waals surface area contributed by atoms with Crippen LogP contribution >= 0.6 is 11.3 Å². The predicted molar refractivity (Wildman–Crippen MR) is 154 cm³/mol. The van der Waals surface area contributed by atoms with Crippen LogP contribution in [0.15, 0.2) is 78.2 Å². The molecule has 1 saturated heterocycles. The summed E-state index contributed by atoms with van der Waals surface area (Å²) in [6, 6.07) is 24.9. The lowest BCUT2D eigenvalue weighted by Crippen LogP contribution is -2.57. The van der Waals surface area contributed by atoms with Gasteiger partial charge < -0.3 is 9.80 Å². The van der Waals surface area contributed by atoms with E-state index in [0.717, 1.165) is 29.3 Å². The number of benzene rings is 3. The van der Waals surface area contributed by atoms with E-state index in [1.807, 2.05) is 63.6 Å². The maximum Gasteiger partial charge on any atom is 0.254 e. The molecule has 3 heterocycles. The Morgan fingerprint density at radius 2 is 1.71 bits per heavy atom. The minimum atomic E-state index is -0.0445. The van der Waals surface area contributed by atoms with Crippen LogP contribution < -0.4 is 0 Å². The van der Waals surface area contributed by atoms with Crippen LogP contribution in [-0.2, 0) is 11.2 Å². The van der Waals surface area contributed by atoms with Gasteiger partial charge >= 0.3 is 0 Å². The Morgan fingerprint density at radius 3 is 2.53 bits per heavy atom. The van der Waals surface area contributed by atoms with E-state index in [1.54, 1.807) is 0 Å². The molecule has 6 rings (SSSR count). The fraction of sp³-hybridized carbons (Fsp3) is 0.312. The molecule has 2 aliphatic rings. The summed E-state index contributed by atoms with van der Waals surface area (Å²) >= 11 is 1.82. The highest BCUT2D eigenvalue weighted by atomic mass is 32.1. The van der Waals surface area contributed by atoms with Gasteiger partial charge in [0.15, 0.2) is 0 Å². The third-order valence-electron chi connectivity index (χ3n) is 8.06. The molecule has 4 aromatic rings. The van der Waals surface area contributed by atoms with Crippen molar-refractivity contribution < 1.29 is 9.59 Å². The lowest BCUT2D eigenvalue weighted by molar-refractivity contribution is -0.135. The van der Waals surface area contributed by atoms with Crippen LogP contribution in [0.3, 0.4) is 0 Å². The summed E-state index contributed by atoms with van der Waals surface area (Å²) in [6.07, 6.45) is 0.979. The van der Waals surface area contributed by atoms with Crippen LogP contribution in [0.2, 0.25) is 0 Å². The molecule has 0 aliphatic carbocycles. The van der Waals surface area contributed by atoms with E-state index in [9.17, 15) is 9.59 Å². The summed E-state index contributed by atoms with van der Waals surface area (Å²) in [5, 5.41) is 4.22. The number of amides is 2. The smallest absolute Gasteiger partial charge is 0.254 e. The first kappa shape index (κ1) is 24.8. The van der Waals surface area contributed by atoms with Gasteiger partial charge in [0.05, 0.1) is 12.6 Å². The number of rotatable bonds is 4. The topological polar surface area (TPSA) is 43.9 Å². The van der Waals surface area contributed by atoms with Gasteiger partial charge in [0.25, 0.3) is 5.91 Å². The third kappa shape index (κ3) is 4.63. The van der Waals surface area contributed by atoms with Crippen molar-refractivity contribution in [2.24, 2.45) is 0 Å². The van der Waals surface area contributed by atoms with Crippen LogP contribution in [0.1, 0.15) is 44.9 Å². The monoisotopic (exact) mass is 523 g/mol. The third-order valence-corrected chi connectivity index (χ3v) is 9.05. The highest BCUT2D eigenvalue weighted by Crippen LogP contribution is 2.37. The number of hydrogen-bond acceptors (Lipinski definition) is 4. The van der Waals surface area contributed by atoms with Crippen LogP contribution in [0.25, 0.3) is 10.8 Å². The van der Waals surface area contributed by atoms with Gasteiger partial charge in [-0.15, -0.1) is 11.3 Å². The molecule has 38 heavy (non-hydrogen) atoms. The van der Waals surface area contributed by atoms with E-state index in [2.05, 4.69) is 54.5 Å². The van der Waals surface area contributed by atoms with Gasteiger partial charge in [-0.3, -0.25) is 14.5 Å². The summed E-state index contributed by atoms with van der Waals surface area (Å²) in [5.41, 5.74) is 4.54. The molecular formula is C32H33N3O2S. The SMILES string of the molecule is Cc1ccc(C2c3ccsc3CCN2CC(=O)N2CCN(C(=O)c3cccc4ccccc34)C(C)C2)cc1. The van der Waals surface area contributed by atoms with Crippen molar-refractivity contribution in [2.45, 2.75) is 32.4 Å². The zero-order chi connectivity index (χ0) is 26.2. The Kier molecular flexibility index (Phi) is 6.76. The normalized spacial score (nSPS) is 19.9. The molecule has 3 aromatic carbocycles. The molecule has 5 nitrogen and oxygen atoms in total. The summed E-state index contributed by atoms with van der Waals surface area (Å²) in [7, 11) is 0.